The molecule has 7 heteroatoms. The van der Waals surface area contributed by atoms with Crippen LogP contribution < -0.4 is 11.1 Å². The number of thiazole rings is 1. The largest absolute Gasteiger partial charge is 0.379 e. The molecule has 18 heavy (non-hydrogen) atoms. The summed E-state index contributed by atoms with van der Waals surface area (Å²) in [6.45, 7) is 2.30. The average Bonchev–Trinajstić information content (AvgIpc) is 3.03. The van der Waals surface area contributed by atoms with E-state index in [2.05, 4.69) is 10.3 Å². The van der Waals surface area contributed by atoms with Crippen LogP contribution >= 0.6 is 23.7 Å². The Bertz CT molecular complexity index is 382. The van der Waals surface area contributed by atoms with E-state index >= 15 is 0 Å². The van der Waals surface area contributed by atoms with Gasteiger partial charge in [0, 0.05) is 25.1 Å². The molecule has 0 bridgehead atoms. The molecule has 1 aromatic heterocycles. The Morgan fingerprint density at radius 2 is 2.39 bits per heavy atom. The molecule has 1 fully saturated rings. The van der Waals surface area contributed by atoms with Gasteiger partial charge in [-0.15, -0.1) is 23.7 Å². The summed E-state index contributed by atoms with van der Waals surface area (Å²) < 4.78 is 5.42. The molecule has 1 aromatic rings. The van der Waals surface area contributed by atoms with Gasteiger partial charge in [0.25, 0.3) is 5.91 Å². The molecule has 0 unspecified atom stereocenters. The smallest absolute Gasteiger partial charge is 0.270 e. The fourth-order valence-electron chi connectivity index (χ4n) is 1.37. The highest BCUT2D eigenvalue weighted by molar-refractivity contribution is 7.09. The molecule has 0 aliphatic heterocycles. The summed E-state index contributed by atoms with van der Waals surface area (Å²) in [6.07, 6.45) is 2.57. The first kappa shape index (κ1) is 15.4. The summed E-state index contributed by atoms with van der Waals surface area (Å²) in [4.78, 5) is 15.7. The normalized spacial score (nSPS) is 14.1. The minimum Gasteiger partial charge on any atom is -0.379 e. The zero-order valence-electron chi connectivity index (χ0n) is 10.1. The first-order valence-electron chi connectivity index (χ1n) is 5.80. The highest BCUT2D eigenvalue weighted by atomic mass is 35.5. The summed E-state index contributed by atoms with van der Waals surface area (Å²) in [5, 5.41) is 5.27. The molecule has 1 saturated carbocycles. The number of carbonyl (C=O) groups is 1. The molecule has 5 nitrogen and oxygen atoms in total. The zero-order valence-corrected chi connectivity index (χ0v) is 11.7. The predicted molar refractivity (Wildman–Crippen MR) is 73.1 cm³/mol. The number of ether oxygens (including phenoxy) is 1. The van der Waals surface area contributed by atoms with E-state index in [1.54, 1.807) is 5.38 Å². The van der Waals surface area contributed by atoms with Crippen molar-refractivity contribution < 1.29 is 9.53 Å². The third-order valence-electron chi connectivity index (χ3n) is 2.54. The molecule has 102 valence electrons. The maximum atomic E-state index is 11.6. The van der Waals surface area contributed by atoms with Crippen LogP contribution in [0.25, 0.3) is 0 Å². The van der Waals surface area contributed by atoms with Gasteiger partial charge in [0.1, 0.15) is 10.7 Å². The monoisotopic (exact) mass is 291 g/mol. The molecular weight excluding hydrogens is 274 g/mol. The molecule has 2 rings (SSSR count). The first-order chi connectivity index (χ1) is 8.29. The summed E-state index contributed by atoms with van der Waals surface area (Å²) in [7, 11) is 0. The quantitative estimate of drug-likeness (QED) is 0.740. The van der Waals surface area contributed by atoms with E-state index in [4.69, 9.17) is 10.5 Å². The Morgan fingerprint density at radius 1 is 1.61 bits per heavy atom. The Labute approximate surface area is 117 Å². The van der Waals surface area contributed by atoms with Gasteiger partial charge in [-0.1, -0.05) is 0 Å². The number of aromatic nitrogens is 1. The van der Waals surface area contributed by atoms with Crippen molar-refractivity contribution in [3.8, 4) is 0 Å². The maximum Gasteiger partial charge on any atom is 0.270 e. The number of amides is 1. The van der Waals surface area contributed by atoms with Gasteiger partial charge in [-0.3, -0.25) is 4.79 Å². The van der Waals surface area contributed by atoms with Gasteiger partial charge in [0.2, 0.25) is 0 Å². The van der Waals surface area contributed by atoms with Crippen LogP contribution in [0.1, 0.15) is 28.3 Å². The minimum absolute atomic E-state index is 0. The Hall–Kier alpha value is -0.690. The lowest BCUT2D eigenvalue weighted by molar-refractivity contribution is 0.0902. The van der Waals surface area contributed by atoms with E-state index in [9.17, 15) is 4.79 Å². The lowest BCUT2D eigenvalue weighted by atomic mass is 10.4. The fraction of sp³-hybridized carbons (Fsp3) is 0.636. The Balaban J connectivity index is 0.00000162. The van der Waals surface area contributed by atoms with Crippen LogP contribution in [0.3, 0.4) is 0 Å². The van der Waals surface area contributed by atoms with Crippen molar-refractivity contribution in [3.63, 3.8) is 0 Å². The van der Waals surface area contributed by atoms with Crippen molar-refractivity contribution in [3.05, 3.63) is 16.1 Å². The van der Waals surface area contributed by atoms with Gasteiger partial charge in [-0.05, 0) is 18.8 Å². The van der Waals surface area contributed by atoms with Crippen LogP contribution in [0.5, 0.6) is 0 Å². The third kappa shape index (κ3) is 4.89. The van der Waals surface area contributed by atoms with E-state index in [1.165, 1.54) is 24.2 Å². The molecule has 0 spiro atoms. The molecule has 0 saturated heterocycles. The van der Waals surface area contributed by atoms with Crippen LogP contribution in [-0.2, 0) is 11.3 Å². The Morgan fingerprint density at radius 3 is 3.00 bits per heavy atom. The molecule has 0 radical (unpaired) electrons. The molecule has 1 aliphatic carbocycles. The van der Waals surface area contributed by atoms with Gasteiger partial charge in [-0.2, -0.15) is 0 Å². The number of hydrogen-bond donors (Lipinski definition) is 2. The van der Waals surface area contributed by atoms with Gasteiger partial charge in [0.15, 0.2) is 0 Å². The molecule has 1 heterocycles. The molecule has 0 atom stereocenters. The summed E-state index contributed by atoms with van der Waals surface area (Å²) >= 11 is 1.41. The average molecular weight is 292 g/mol. The second kappa shape index (κ2) is 7.68. The van der Waals surface area contributed by atoms with E-state index in [0.29, 0.717) is 25.4 Å². The van der Waals surface area contributed by atoms with Gasteiger partial charge < -0.3 is 15.8 Å². The molecule has 1 aliphatic rings. The molecular formula is C11H18ClN3O2S. The van der Waals surface area contributed by atoms with Crippen molar-refractivity contribution in [2.45, 2.75) is 19.4 Å². The number of hydrogen-bond acceptors (Lipinski definition) is 5. The topological polar surface area (TPSA) is 77.2 Å². The van der Waals surface area contributed by atoms with Crippen LogP contribution in [0.4, 0.5) is 0 Å². The van der Waals surface area contributed by atoms with Crippen LogP contribution in [0.15, 0.2) is 5.38 Å². The number of carbonyl (C=O) groups excluding carboxylic acids is 1. The lowest BCUT2D eigenvalue weighted by Gasteiger charge is -2.04. The number of nitrogens with one attached hydrogen (secondary N) is 1. The van der Waals surface area contributed by atoms with Crippen LogP contribution in [-0.4, -0.2) is 30.6 Å². The highest BCUT2D eigenvalue weighted by Crippen LogP contribution is 2.28. The highest BCUT2D eigenvalue weighted by Gasteiger charge is 2.20. The number of nitrogens with two attached hydrogens (primary N) is 1. The van der Waals surface area contributed by atoms with Crippen molar-refractivity contribution in [1.82, 2.24) is 10.3 Å². The van der Waals surface area contributed by atoms with Gasteiger partial charge in [-0.25, -0.2) is 4.98 Å². The molecule has 1 amide bonds. The van der Waals surface area contributed by atoms with Gasteiger partial charge in [0.05, 0.1) is 6.61 Å². The molecule has 0 aromatic carbocycles. The lowest BCUT2D eigenvalue weighted by Crippen LogP contribution is -2.27. The zero-order chi connectivity index (χ0) is 12.1. The van der Waals surface area contributed by atoms with Crippen molar-refractivity contribution in [1.29, 1.82) is 0 Å². The van der Waals surface area contributed by atoms with E-state index in [1.807, 2.05) is 0 Å². The number of rotatable bonds is 7. The number of halogens is 1. The van der Waals surface area contributed by atoms with Crippen molar-refractivity contribution >= 4 is 29.7 Å². The second-order valence-corrected chi connectivity index (χ2v) is 5.05. The van der Waals surface area contributed by atoms with Crippen molar-refractivity contribution in [2.24, 2.45) is 11.7 Å². The summed E-state index contributed by atoms with van der Waals surface area (Å²) in [5.74, 6) is 0.604. The summed E-state index contributed by atoms with van der Waals surface area (Å²) in [5.41, 5.74) is 5.88. The second-order valence-electron chi connectivity index (χ2n) is 4.10. The van der Waals surface area contributed by atoms with E-state index < -0.39 is 0 Å². The summed E-state index contributed by atoms with van der Waals surface area (Å²) in [6, 6.07) is 0. The maximum absolute atomic E-state index is 11.6. The Kier molecular flexibility index (Phi) is 6.56. The standard InChI is InChI=1S/C11H17N3O2S.ClH/c12-5-10-14-9(7-17-10)11(15)13-3-4-16-6-8-1-2-8;/h7-8H,1-6,12H2,(H,13,15);1H. The number of nitrogens with zero attached hydrogens (tertiary/aromatic N) is 1. The fourth-order valence-corrected chi connectivity index (χ4v) is 2.03. The SMILES string of the molecule is Cl.NCc1nc(C(=O)NCCOCC2CC2)cs1. The molecule has 3 N–H and O–H groups in total. The third-order valence-corrected chi connectivity index (χ3v) is 3.41. The first-order valence-corrected chi connectivity index (χ1v) is 6.68. The van der Waals surface area contributed by atoms with Crippen LogP contribution in [0, 0.1) is 5.92 Å². The van der Waals surface area contributed by atoms with Crippen LogP contribution in [0.2, 0.25) is 0 Å². The predicted octanol–water partition coefficient (Wildman–Crippen LogP) is 1.18. The van der Waals surface area contributed by atoms with E-state index in [0.717, 1.165) is 17.5 Å². The minimum atomic E-state index is -0.157. The van der Waals surface area contributed by atoms with Crippen molar-refractivity contribution in [2.75, 3.05) is 19.8 Å². The van der Waals surface area contributed by atoms with E-state index in [-0.39, 0.29) is 18.3 Å². The van der Waals surface area contributed by atoms with Gasteiger partial charge >= 0.3 is 0 Å².